The number of fused-ring (bicyclic) bond motifs is 3. The summed E-state index contributed by atoms with van der Waals surface area (Å²) in [6, 6.07) is 5.55. The second-order valence-corrected chi connectivity index (χ2v) is 5.80. The third-order valence-corrected chi connectivity index (χ3v) is 4.53. The Hall–Kier alpha value is -1.26. The highest BCUT2D eigenvalue weighted by atomic mass is 35.5. The monoisotopic (exact) mass is 280 g/mol. The Morgan fingerprint density at radius 2 is 2.11 bits per heavy atom. The number of benzene rings is 1. The van der Waals surface area contributed by atoms with Crippen LogP contribution in [0.5, 0.6) is 0 Å². The minimum Gasteiger partial charge on any atom is -0.478 e. The molecule has 1 unspecified atom stereocenters. The molecule has 3 aliphatic heterocycles. The number of halogens is 1. The molecule has 3 fully saturated rings. The Morgan fingerprint density at radius 1 is 1.37 bits per heavy atom. The van der Waals surface area contributed by atoms with Gasteiger partial charge in [-0.3, -0.25) is 0 Å². The van der Waals surface area contributed by atoms with Gasteiger partial charge in [0.1, 0.15) is 0 Å². The average Bonchev–Trinajstić information content (AvgIpc) is 2.42. The number of hydrogen-bond donors (Lipinski definition) is 2. The molecule has 0 aromatic heterocycles. The fraction of sp³-hybridized carbons (Fsp3) is 0.500. The van der Waals surface area contributed by atoms with Crippen LogP contribution in [0.4, 0.5) is 5.69 Å². The predicted molar refractivity (Wildman–Crippen MR) is 75.0 cm³/mol. The van der Waals surface area contributed by atoms with Gasteiger partial charge < -0.3 is 15.3 Å². The minimum atomic E-state index is -0.984. The SMILES string of the molecule is O=C(O)c1cc(NC2CN3CCC2CC3)ccc1Cl. The smallest absolute Gasteiger partial charge is 0.337 e. The molecule has 3 aliphatic rings. The van der Waals surface area contributed by atoms with E-state index in [0.29, 0.717) is 12.0 Å². The first-order valence-electron chi connectivity index (χ1n) is 6.65. The van der Waals surface area contributed by atoms with E-state index in [0.717, 1.165) is 12.2 Å². The summed E-state index contributed by atoms with van der Waals surface area (Å²) in [4.78, 5) is 13.5. The Labute approximate surface area is 117 Å². The van der Waals surface area contributed by atoms with E-state index in [1.807, 2.05) is 6.07 Å². The van der Waals surface area contributed by atoms with Gasteiger partial charge in [0.15, 0.2) is 0 Å². The number of nitrogens with zero attached hydrogens (tertiary/aromatic N) is 1. The number of rotatable bonds is 3. The van der Waals surface area contributed by atoms with Gasteiger partial charge in [0.05, 0.1) is 10.6 Å². The van der Waals surface area contributed by atoms with Crippen LogP contribution >= 0.6 is 11.6 Å². The highest BCUT2D eigenvalue weighted by Gasteiger charge is 2.33. The normalized spacial score (nSPS) is 29.2. The molecule has 0 aliphatic carbocycles. The van der Waals surface area contributed by atoms with Crippen LogP contribution in [0.1, 0.15) is 23.2 Å². The zero-order chi connectivity index (χ0) is 13.4. The number of carboxylic acids is 1. The van der Waals surface area contributed by atoms with Crippen LogP contribution in [-0.2, 0) is 0 Å². The molecule has 2 bridgehead atoms. The van der Waals surface area contributed by atoms with Crippen molar-refractivity contribution in [1.82, 2.24) is 4.90 Å². The zero-order valence-electron chi connectivity index (χ0n) is 10.6. The van der Waals surface area contributed by atoms with Crippen LogP contribution in [0.3, 0.4) is 0 Å². The summed E-state index contributed by atoms with van der Waals surface area (Å²) in [5.74, 6) is -0.281. The molecule has 1 aromatic carbocycles. The number of carboxylic acid groups (broad SMARTS) is 1. The lowest BCUT2D eigenvalue weighted by atomic mass is 9.84. The summed E-state index contributed by atoms with van der Waals surface area (Å²) in [5.41, 5.74) is 1.01. The largest absolute Gasteiger partial charge is 0.478 e. The lowest BCUT2D eigenvalue weighted by Crippen LogP contribution is -2.53. The molecule has 1 aromatic rings. The van der Waals surface area contributed by atoms with Gasteiger partial charge in [-0.05, 0) is 50.0 Å². The first kappa shape index (κ1) is 12.8. The van der Waals surface area contributed by atoms with Crippen molar-refractivity contribution in [1.29, 1.82) is 0 Å². The van der Waals surface area contributed by atoms with E-state index >= 15 is 0 Å². The van der Waals surface area contributed by atoms with E-state index in [1.54, 1.807) is 12.1 Å². The molecule has 1 atom stereocenters. The van der Waals surface area contributed by atoms with Crippen molar-refractivity contribution in [3.63, 3.8) is 0 Å². The topological polar surface area (TPSA) is 52.6 Å². The van der Waals surface area contributed by atoms with Gasteiger partial charge in [0.2, 0.25) is 0 Å². The van der Waals surface area contributed by atoms with E-state index in [9.17, 15) is 4.79 Å². The fourth-order valence-corrected chi connectivity index (χ4v) is 3.32. The Kier molecular flexibility index (Phi) is 3.37. The highest BCUT2D eigenvalue weighted by Crippen LogP contribution is 2.30. The summed E-state index contributed by atoms with van der Waals surface area (Å²) < 4.78 is 0. The maximum absolute atomic E-state index is 11.1. The van der Waals surface area contributed by atoms with E-state index in [-0.39, 0.29) is 10.6 Å². The van der Waals surface area contributed by atoms with E-state index in [4.69, 9.17) is 16.7 Å². The van der Waals surface area contributed by atoms with Crippen molar-refractivity contribution < 1.29 is 9.90 Å². The molecule has 5 heteroatoms. The Morgan fingerprint density at radius 3 is 2.68 bits per heavy atom. The lowest BCUT2D eigenvalue weighted by Gasteiger charge is -2.45. The van der Waals surface area contributed by atoms with Gasteiger partial charge in [-0.25, -0.2) is 4.79 Å². The summed E-state index contributed by atoms with van der Waals surface area (Å²) >= 11 is 5.88. The molecule has 19 heavy (non-hydrogen) atoms. The second kappa shape index (κ2) is 5.02. The lowest BCUT2D eigenvalue weighted by molar-refractivity contribution is 0.0697. The van der Waals surface area contributed by atoms with Crippen molar-refractivity contribution >= 4 is 23.3 Å². The van der Waals surface area contributed by atoms with Gasteiger partial charge in [-0.15, -0.1) is 0 Å². The van der Waals surface area contributed by atoms with Crippen LogP contribution in [-0.4, -0.2) is 41.7 Å². The quantitative estimate of drug-likeness (QED) is 0.893. The standard InChI is InChI=1S/C14H17ClN2O2/c15-12-2-1-10(7-11(12)14(18)19)16-13-8-17-5-3-9(13)4-6-17/h1-2,7,9,13,16H,3-6,8H2,(H,18,19). The first-order valence-corrected chi connectivity index (χ1v) is 7.03. The minimum absolute atomic E-state index is 0.160. The molecule has 0 amide bonds. The molecule has 102 valence electrons. The number of aromatic carboxylic acids is 1. The third-order valence-electron chi connectivity index (χ3n) is 4.20. The van der Waals surface area contributed by atoms with E-state index in [2.05, 4.69) is 10.2 Å². The number of nitrogens with one attached hydrogen (secondary N) is 1. The van der Waals surface area contributed by atoms with Gasteiger partial charge in [0.25, 0.3) is 0 Å². The van der Waals surface area contributed by atoms with Gasteiger partial charge in [-0.2, -0.15) is 0 Å². The molecular formula is C14H17ClN2O2. The van der Waals surface area contributed by atoms with Crippen LogP contribution in [0, 0.1) is 5.92 Å². The van der Waals surface area contributed by atoms with Crippen molar-refractivity contribution in [3.05, 3.63) is 28.8 Å². The van der Waals surface area contributed by atoms with Crippen LogP contribution in [0.25, 0.3) is 0 Å². The van der Waals surface area contributed by atoms with E-state index in [1.165, 1.54) is 25.9 Å². The number of hydrogen-bond acceptors (Lipinski definition) is 3. The highest BCUT2D eigenvalue weighted by molar-refractivity contribution is 6.33. The molecule has 3 saturated heterocycles. The summed E-state index contributed by atoms with van der Waals surface area (Å²) in [6.07, 6.45) is 2.47. The molecular weight excluding hydrogens is 264 g/mol. The number of piperidine rings is 3. The maximum Gasteiger partial charge on any atom is 0.337 e. The van der Waals surface area contributed by atoms with Crippen molar-refractivity contribution in [2.75, 3.05) is 25.0 Å². The average molecular weight is 281 g/mol. The van der Waals surface area contributed by atoms with Crippen LogP contribution < -0.4 is 5.32 Å². The number of anilines is 1. The molecule has 2 N–H and O–H groups in total. The molecule has 0 saturated carbocycles. The van der Waals surface area contributed by atoms with Crippen molar-refractivity contribution in [2.24, 2.45) is 5.92 Å². The van der Waals surface area contributed by atoms with Crippen LogP contribution in [0.15, 0.2) is 18.2 Å². The molecule has 0 spiro atoms. The number of carbonyl (C=O) groups is 1. The van der Waals surface area contributed by atoms with E-state index < -0.39 is 5.97 Å². The zero-order valence-corrected chi connectivity index (χ0v) is 11.4. The maximum atomic E-state index is 11.1. The van der Waals surface area contributed by atoms with Crippen LogP contribution in [0.2, 0.25) is 5.02 Å². The molecule has 4 nitrogen and oxygen atoms in total. The molecule has 4 rings (SSSR count). The first-order chi connectivity index (χ1) is 9.13. The summed E-state index contributed by atoms with van der Waals surface area (Å²) in [7, 11) is 0. The summed E-state index contributed by atoms with van der Waals surface area (Å²) in [5, 5.41) is 12.8. The molecule has 0 radical (unpaired) electrons. The van der Waals surface area contributed by atoms with Crippen molar-refractivity contribution in [3.8, 4) is 0 Å². The Balaban J connectivity index is 1.76. The second-order valence-electron chi connectivity index (χ2n) is 5.39. The predicted octanol–water partition coefficient (Wildman–Crippen LogP) is 2.54. The van der Waals surface area contributed by atoms with Gasteiger partial charge in [-0.1, -0.05) is 11.6 Å². The third kappa shape index (κ3) is 2.55. The van der Waals surface area contributed by atoms with Gasteiger partial charge in [0, 0.05) is 18.3 Å². The van der Waals surface area contributed by atoms with Gasteiger partial charge >= 0.3 is 5.97 Å². The molecule has 3 heterocycles. The Bertz CT molecular complexity index is 498. The van der Waals surface area contributed by atoms with Crippen molar-refractivity contribution in [2.45, 2.75) is 18.9 Å². The summed E-state index contributed by atoms with van der Waals surface area (Å²) in [6.45, 7) is 3.45. The fourth-order valence-electron chi connectivity index (χ4n) is 3.12.